The first-order valence-electron chi connectivity index (χ1n) is 7.73. The SMILES string of the molecule is O=C(O)CCCCCNC(=O)Cc1coc(-c2ccc(Cl)cc2)n1. The summed E-state index contributed by atoms with van der Waals surface area (Å²) < 4.78 is 5.38. The van der Waals surface area contributed by atoms with Gasteiger partial charge in [0.2, 0.25) is 11.8 Å². The Morgan fingerprint density at radius 3 is 2.62 bits per heavy atom. The van der Waals surface area contributed by atoms with Crippen molar-refractivity contribution in [2.45, 2.75) is 32.1 Å². The molecule has 0 saturated heterocycles. The van der Waals surface area contributed by atoms with Crippen LogP contribution in [0.1, 0.15) is 31.4 Å². The fraction of sp³-hybridized carbons (Fsp3) is 0.353. The van der Waals surface area contributed by atoms with Crippen LogP contribution in [-0.4, -0.2) is 28.5 Å². The Balaban J connectivity index is 1.72. The Morgan fingerprint density at radius 2 is 1.92 bits per heavy atom. The van der Waals surface area contributed by atoms with Gasteiger partial charge in [-0.2, -0.15) is 0 Å². The fourth-order valence-electron chi connectivity index (χ4n) is 2.15. The second kappa shape index (κ2) is 9.08. The lowest BCUT2D eigenvalue weighted by Gasteiger charge is -2.03. The lowest BCUT2D eigenvalue weighted by Crippen LogP contribution is -2.26. The molecule has 0 aliphatic rings. The summed E-state index contributed by atoms with van der Waals surface area (Å²) in [4.78, 5) is 26.5. The molecule has 0 fully saturated rings. The van der Waals surface area contributed by atoms with Crippen molar-refractivity contribution >= 4 is 23.5 Å². The number of nitrogens with zero attached hydrogens (tertiary/aromatic N) is 1. The summed E-state index contributed by atoms with van der Waals surface area (Å²) in [6, 6.07) is 7.10. The second-order valence-electron chi connectivity index (χ2n) is 5.38. The van der Waals surface area contributed by atoms with Gasteiger partial charge in [0.25, 0.3) is 0 Å². The number of nitrogens with one attached hydrogen (secondary N) is 1. The molecule has 1 amide bonds. The van der Waals surface area contributed by atoms with Crippen LogP contribution >= 0.6 is 11.6 Å². The van der Waals surface area contributed by atoms with Crippen LogP contribution in [0.15, 0.2) is 34.9 Å². The maximum Gasteiger partial charge on any atom is 0.303 e. The average molecular weight is 351 g/mol. The highest BCUT2D eigenvalue weighted by molar-refractivity contribution is 6.30. The molecule has 0 saturated carbocycles. The van der Waals surface area contributed by atoms with E-state index in [2.05, 4.69) is 10.3 Å². The first kappa shape index (κ1) is 18.0. The van der Waals surface area contributed by atoms with Crippen LogP contribution < -0.4 is 5.32 Å². The number of aromatic nitrogens is 1. The number of benzene rings is 1. The summed E-state index contributed by atoms with van der Waals surface area (Å²) in [5.41, 5.74) is 1.35. The molecule has 1 heterocycles. The van der Waals surface area contributed by atoms with Gasteiger partial charge in [0.1, 0.15) is 6.26 Å². The Kier molecular flexibility index (Phi) is 6.81. The van der Waals surface area contributed by atoms with E-state index >= 15 is 0 Å². The number of unbranched alkanes of at least 4 members (excludes halogenated alkanes) is 2. The minimum atomic E-state index is -0.790. The third-order valence-electron chi connectivity index (χ3n) is 3.37. The van der Waals surface area contributed by atoms with E-state index in [0.29, 0.717) is 29.6 Å². The standard InChI is InChI=1S/C17H19ClN2O4/c18-13-7-5-12(6-8-13)17-20-14(11-24-17)10-15(21)19-9-3-1-2-4-16(22)23/h5-8,11H,1-4,9-10H2,(H,19,21)(H,22,23). The number of rotatable bonds is 9. The third-order valence-corrected chi connectivity index (χ3v) is 3.63. The Hall–Kier alpha value is -2.34. The highest BCUT2D eigenvalue weighted by Gasteiger charge is 2.10. The molecule has 0 radical (unpaired) electrons. The van der Waals surface area contributed by atoms with E-state index in [1.54, 1.807) is 24.3 Å². The molecule has 1 aromatic heterocycles. The topological polar surface area (TPSA) is 92.4 Å². The minimum Gasteiger partial charge on any atom is -0.481 e. The molecule has 2 N–H and O–H groups in total. The first-order chi connectivity index (χ1) is 11.5. The highest BCUT2D eigenvalue weighted by atomic mass is 35.5. The summed E-state index contributed by atoms with van der Waals surface area (Å²) in [7, 11) is 0. The zero-order valence-electron chi connectivity index (χ0n) is 13.1. The first-order valence-corrected chi connectivity index (χ1v) is 8.11. The van der Waals surface area contributed by atoms with Gasteiger partial charge in [-0.3, -0.25) is 9.59 Å². The van der Waals surface area contributed by atoms with E-state index in [-0.39, 0.29) is 18.7 Å². The summed E-state index contributed by atoms with van der Waals surface area (Å²) in [5.74, 6) is -0.478. The molecule has 7 heteroatoms. The molecule has 0 aliphatic carbocycles. The normalized spacial score (nSPS) is 10.5. The number of amides is 1. The molecule has 6 nitrogen and oxygen atoms in total. The Bertz CT molecular complexity index is 682. The van der Waals surface area contributed by atoms with Crippen molar-refractivity contribution in [1.82, 2.24) is 10.3 Å². The largest absolute Gasteiger partial charge is 0.481 e. The number of aliphatic carboxylic acids is 1. The minimum absolute atomic E-state index is 0.135. The van der Waals surface area contributed by atoms with Crippen LogP contribution in [0.4, 0.5) is 0 Å². The lowest BCUT2D eigenvalue weighted by molar-refractivity contribution is -0.137. The monoisotopic (exact) mass is 350 g/mol. The molecule has 0 atom stereocenters. The van der Waals surface area contributed by atoms with E-state index in [9.17, 15) is 9.59 Å². The van der Waals surface area contributed by atoms with Crippen LogP contribution in [0.2, 0.25) is 5.02 Å². The predicted octanol–water partition coefficient (Wildman–Crippen LogP) is 3.30. The highest BCUT2D eigenvalue weighted by Crippen LogP contribution is 2.20. The van der Waals surface area contributed by atoms with Crippen molar-refractivity contribution in [3.8, 4) is 11.5 Å². The van der Waals surface area contributed by atoms with Gasteiger partial charge in [-0.25, -0.2) is 4.98 Å². The maximum absolute atomic E-state index is 11.8. The van der Waals surface area contributed by atoms with E-state index < -0.39 is 5.97 Å². The number of halogens is 1. The van der Waals surface area contributed by atoms with Gasteiger partial charge in [-0.1, -0.05) is 18.0 Å². The number of hydrogen-bond acceptors (Lipinski definition) is 4. The fourth-order valence-corrected chi connectivity index (χ4v) is 2.27. The smallest absolute Gasteiger partial charge is 0.303 e. The molecule has 0 unspecified atom stereocenters. The zero-order chi connectivity index (χ0) is 17.4. The summed E-state index contributed by atoms with van der Waals surface area (Å²) >= 11 is 5.84. The van der Waals surface area contributed by atoms with Crippen molar-refractivity contribution in [2.75, 3.05) is 6.54 Å². The van der Waals surface area contributed by atoms with Crippen LogP contribution in [-0.2, 0) is 16.0 Å². The number of carbonyl (C=O) groups excluding carboxylic acids is 1. The summed E-state index contributed by atoms with van der Waals surface area (Å²) in [6.07, 6.45) is 3.94. The average Bonchev–Trinajstić information content (AvgIpc) is 2.99. The molecule has 128 valence electrons. The third kappa shape index (κ3) is 6.04. The number of oxazole rings is 1. The molecule has 2 aromatic rings. The molecule has 0 aliphatic heterocycles. The number of carboxylic acid groups (broad SMARTS) is 1. The molecular weight excluding hydrogens is 332 g/mol. The maximum atomic E-state index is 11.8. The van der Waals surface area contributed by atoms with Crippen LogP contribution in [0.25, 0.3) is 11.5 Å². The van der Waals surface area contributed by atoms with Gasteiger partial charge in [-0.05, 0) is 37.1 Å². The van der Waals surface area contributed by atoms with Gasteiger partial charge in [0.15, 0.2) is 0 Å². The van der Waals surface area contributed by atoms with Gasteiger partial charge in [0, 0.05) is 23.6 Å². The van der Waals surface area contributed by atoms with Crippen LogP contribution in [0.3, 0.4) is 0 Å². The quantitative estimate of drug-likeness (QED) is 0.677. The molecule has 1 aromatic carbocycles. The van der Waals surface area contributed by atoms with Crippen LogP contribution in [0, 0.1) is 0 Å². The number of carboxylic acids is 1. The van der Waals surface area contributed by atoms with Gasteiger partial charge in [-0.15, -0.1) is 0 Å². The van der Waals surface area contributed by atoms with E-state index in [0.717, 1.165) is 18.4 Å². The van der Waals surface area contributed by atoms with Crippen molar-refractivity contribution in [1.29, 1.82) is 0 Å². The van der Waals surface area contributed by atoms with E-state index in [1.807, 2.05) is 0 Å². The van der Waals surface area contributed by atoms with Gasteiger partial charge >= 0.3 is 5.97 Å². The molecule has 24 heavy (non-hydrogen) atoms. The molecular formula is C17H19ClN2O4. The number of hydrogen-bond donors (Lipinski definition) is 2. The predicted molar refractivity (Wildman–Crippen MR) is 89.8 cm³/mol. The van der Waals surface area contributed by atoms with Crippen LogP contribution in [0.5, 0.6) is 0 Å². The summed E-state index contributed by atoms with van der Waals surface area (Å²) in [6.45, 7) is 0.528. The lowest BCUT2D eigenvalue weighted by atomic mass is 10.2. The van der Waals surface area contributed by atoms with E-state index in [1.165, 1.54) is 6.26 Å². The van der Waals surface area contributed by atoms with E-state index in [4.69, 9.17) is 21.1 Å². The van der Waals surface area contributed by atoms with Gasteiger partial charge in [0.05, 0.1) is 12.1 Å². The molecule has 0 bridgehead atoms. The van der Waals surface area contributed by atoms with Gasteiger partial charge < -0.3 is 14.8 Å². The molecule has 0 spiro atoms. The van der Waals surface area contributed by atoms with Crippen molar-refractivity contribution in [3.05, 3.63) is 41.2 Å². The summed E-state index contributed by atoms with van der Waals surface area (Å²) in [5, 5.41) is 12.0. The zero-order valence-corrected chi connectivity index (χ0v) is 13.9. The number of carbonyl (C=O) groups is 2. The van der Waals surface area contributed by atoms with Crippen molar-refractivity contribution in [2.24, 2.45) is 0 Å². The van der Waals surface area contributed by atoms with Crippen molar-refractivity contribution in [3.63, 3.8) is 0 Å². The Labute approximate surface area is 144 Å². The second-order valence-corrected chi connectivity index (χ2v) is 5.82. The van der Waals surface area contributed by atoms with Crippen molar-refractivity contribution < 1.29 is 19.1 Å². The Morgan fingerprint density at radius 1 is 1.17 bits per heavy atom. The molecule has 2 rings (SSSR count).